The highest BCUT2D eigenvalue weighted by Gasteiger charge is 2.51. The van der Waals surface area contributed by atoms with Gasteiger partial charge >= 0.3 is 13.3 Å². The zero-order chi connectivity index (χ0) is 24.0. The first-order valence-corrected chi connectivity index (χ1v) is 11.0. The van der Waals surface area contributed by atoms with Crippen LogP contribution >= 0.6 is 0 Å². The smallest absolute Gasteiger partial charge is 0.399 e. The quantitative estimate of drug-likeness (QED) is 0.703. The van der Waals surface area contributed by atoms with Crippen molar-refractivity contribution in [1.82, 2.24) is 4.98 Å². The van der Waals surface area contributed by atoms with Gasteiger partial charge in [-0.3, -0.25) is 4.98 Å². The standard InChI is InChI=1S/C23H29BF3N3O3/c1-21(2)22(3,4)33-24(32-21)16-5-7-17(8-6-16)29-11-13-30(14-12-29)18-9-10-19(28-15-18)20(31)23(25,26)27/h5-10,15,20,31H,11-14H2,1-4H3. The lowest BCUT2D eigenvalue weighted by molar-refractivity contribution is -0.207. The van der Waals surface area contributed by atoms with Gasteiger partial charge in [0.1, 0.15) is 0 Å². The van der Waals surface area contributed by atoms with Gasteiger partial charge in [-0.05, 0) is 57.4 Å². The Hall–Kier alpha value is -2.30. The predicted molar refractivity (Wildman–Crippen MR) is 122 cm³/mol. The van der Waals surface area contributed by atoms with Gasteiger partial charge in [0.2, 0.25) is 0 Å². The number of hydrogen-bond donors (Lipinski definition) is 1. The number of rotatable bonds is 4. The van der Waals surface area contributed by atoms with Crippen LogP contribution in [-0.4, -0.2) is 60.8 Å². The molecular weight excluding hydrogens is 434 g/mol. The molecule has 2 aliphatic heterocycles. The fourth-order valence-corrected chi connectivity index (χ4v) is 3.96. The molecule has 0 bridgehead atoms. The van der Waals surface area contributed by atoms with Gasteiger partial charge in [0.15, 0.2) is 6.10 Å². The van der Waals surface area contributed by atoms with Crippen LogP contribution in [0.25, 0.3) is 0 Å². The Balaban J connectivity index is 1.35. The summed E-state index contributed by atoms with van der Waals surface area (Å²) in [5.41, 5.74) is 1.64. The minimum Gasteiger partial charge on any atom is -0.399 e. The van der Waals surface area contributed by atoms with E-state index in [4.69, 9.17) is 9.31 Å². The van der Waals surface area contributed by atoms with E-state index in [0.717, 1.165) is 29.9 Å². The number of hydrogen-bond acceptors (Lipinski definition) is 6. The second-order valence-electron chi connectivity index (χ2n) is 9.54. The summed E-state index contributed by atoms with van der Waals surface area (Å²) in [5.74, 6) is 0. The molecule has 1 aromatic heterocycles. The third-order valence-corrected chi connectivity index (χ3v) is 6.79. The van der Waals surface area contributed by atoms with Crippen molar-refractivity contribution in [3.8, 4) is 0 Å². The number of benzene rings is 1. The van der Waals surface area contributed by atoms with Crippen LogP contribution in [0, 0.1) is 0 Å². The largest absolute Gasteiger partial charge is 0.494 e. The maximum atomic E-state index is 12.7. The number of anilines is 2. The number of nitrogens with zero attached hydrogens (tertiary/aromatic N) is 3. The molecule has 1 unspecified atom stereocenters. The Morgan fingerprint density at radius 2 is 1.36 bits per heavy atom. The average Bonchev–Trinajstić information content (AvgIpc) is 3.00. The number of piperazine rings is 1. The van der Waals surface area contributed by atoms with Gasteiger partial charge in [-0.2, -0.15) is 13.2 Å². The fourth-order valence-electron chi connectivity index (χ4n) is 3.96. The van der Waals surface area contributed by atoms with Crippen LogP contribution in [0.2, 0.25) is 0 Å². The molecule has 0 radical (unpaired) electrons. The molecule has 0 spiro atoms. The zero-order valence-corrected chi connectivity index (χ0v) is 19.3. The Morgan fingerprint density at radius 1 is 0.879 bits per heavy atom. The van der Waals surface area contributed by atoms with Crippen molar-refractivity contribution in [1.29, 1.82) is 0 Å². The van der Waals surface area contributed by atoms with Crippen molar-refractivity contribution < 1.29 is 27.6 Å². The molecule has 3 heterocycles. The van der Waals surface area contributed by atoms with Crippen molar-refractivity contribution in [2.24, 2.45) is 0 Å². The molecule has 1 N–H and O–H groups in total. The van der Waals surface area contributed by atoms with Crippen molar-refractivity contribution in [3.63, 3.8) is 0 Å². The molecule has 0 aliphatic carbocycles. The van der Waals surface area contributed by atoms with Gasteiger partial charge < -0.3 is 24.2 Å². The first-order valence-electron chi connectivity index (χ1n) is 11.0. The number of aliphatic hydroxyl groups is 1. The van der Waals surface area contributed by atoms with E-state index in [9.17, 15) is 18.3 Å². The lowest BCUT2D eigenvalue weighted by atomic mass is 9.79. The number of halogens is 3. The third kappa shape index (κ3) is 4.83. The molecule has 178 valence electrons. The second-order valence-corrected chi connectivity index (χ2v) is 9.54. The molecule has 2 fully saturated rings. The summed E-state index contributed by atoms with van der Waals surface area (Å²) in [5, 5.41) is 9.34. The van der Waals surface area contributed by atoms with Crippen LogP contribution in [0.1, 0.15) is 39.5 Å². The molecule has 1 aromatic carbocycles. The summed E-state index contributed by atoms with van der Waals surface area (Å²) >= 11 is 0. The normalized spacial score (nSPS) is 21.4. The SMILES string of the molecule is CC1(C)OB(c2ccc(N3CCN(c4ccc(C(O)C(F)(F)F)nc4)CC3)cc2)OC1(C)C. The topological polar surface area (TPSA) is 58.1 Å². The maximum Gasteiger partial charge on any atom is 0.494 e. The fraction of sp³-hybridized carbons (Fsp3) is 0.522. The Bertz CT molecular complexity index is 944. The molecular formula is C23H29BF3N3O3. The summed E-state index contributed by atoms with van der Waals surface area (Å²) in [4.78, 5) is 8.16. The van der Waals surface area contributed by atoms with Crippen LogP contribution in [0.3, 0.4) is 0 Å². The van der Waals surface area contributed by atoms with Crippen LogP contribution in [-0.2, 0) is 9.31 Å². The van der Waals surface area contributed by atoms with E-state index in [0.29, 0.717) is 13.1 Å². The minimum absolute atomic E-state index is 0.384. The van der Waals surface area contributed by atoms with Gasteiger partial charge in [0, 0.05) is 31.9 Å². The Morgan fingerprint density at radius 3 is 1.82 bits per heavy atom. The highest BCUT2D eigenvalue weighted by atomic mass is 19.4. The van der Waals surface area contributed by atoms with E-state index in [1.54, 1.807) is 6.07 Å². The molecule has 1 atom stereocenters. The van der Waals surface area contributed by atoms with E-state index in [-0.39, 0.29) is 11.2 Å². The van der Waals surface area contributed by atoms with Gasteiger partial charge in [-0.1, -0.05) is 12.1 Å². The molecule has 33 heavy (non-hydrogen) atoms. The Kier molecular flexibility index (Phi) is 6.13. The van der Waals surface area contributed by atoms with Crippen LogP contribution in [0.5, 0.6) is 0 Å². The molecule has 0 amide bonds. The van der Waals surface area contributed by atoms with Gasteiger partial charge in [0.25, 0.3) is 0 Å². The van der Waals surface area contributed by atoms with E-state index in [1.807, 2.05) is 39.8 Å². The van der Waals surface area contributed by atoms with Crippen LogP contribution < -0.4 is 15.3 Å². The molecule has 2 saturated heterocycles. The number of pyridine rings is 1. The van der Waals surface area contributed by atoms with E-state index in [1.165, 1.54) is 12.3 Å². The third-order valence-electron chi connectivity index (χ3n) is 6.79. The lowest BCUT2D eigenvalue weighted by Gasteiger charge is -2.37. The number of aromatic nitrogens is 1. The summed E-state index contributed by atoms with van der Waals surface area (Å²) in [6, 6.07) is 11.0. The van der Waals surface area contributed by atoms with Crippen molar-refractivity contribution >= 4 is 24.0 Å². The summed E-state index contributed by atoms with van der Waals surface area (Å²) in [6.45, 7) is 11.1. The number of alkyl halides is 3. The zero-order valence-electron chi connectivity index (χ0n) is 19.3. The monoisotopic (exact) mass is 463 g/mol. The van der Waals surface area contributed by atoms with Crippen molar-refractivity contribution in [2.75, 3.05) is 36.0 Å². The van der Waals surface area contributed by atoms with Gasteiger partial charge in [-0.25, -0.2) is 0 Å². The van der Waals surface area contributed by atoms with Gasteiger partial charge in [0.05, 0.1) is 28.8 Å². The first kappa shape index (κ1) is 23.8. The van der Waals surface area contributed by atoms with Crippen LogP contribution in [0.15, 0.2) is 42.6 Å². The average molecular weight is 463 g/mol. The molecule has 2 aliphatic rings. The predicted octanol–water partition coefficient (Wildman–Crippen LogP) is 3.30. The maximum absolute atomic E-state index is 12.7. The van der Waals surface area contributed by atoms with E-state index >= 15 is 0 Å². The first-order chi connectivity index (χ1) is 15.4. The lowest BCUT2D eigenvalue weighted by Crippen LogP contribution is -2.46. The highest BCUT2D eigenvalue weighted by molar-refractivity contribution is 6.62. The summed E-state index contributed by atoms with van der Waals surface area (Å²) in [7, 11) is -0.396. The number of aliphatic hydroxyl groups excluding tert-OH is 1. The highest BCUT2D eigenvalue weighted by Crippen LogP contribution is 2.36. The molecule has 6 nitrogen and oxygen atoms in total. The van der Waals surface area contributed by atoms with E-state index in [2.05, 4.69) is 26.9 Å². The minimum atomic E-state index is -4.72. The summed E-state index contributed by atoms with van der Waals surface area (Å²) < 4.78 is 50.2. The molecule has 2 aromatic rings. The van der Waals surface area contributed by atoms with Gasteiger partial charge in [-0.15, -0.1) is 0 Å². The van der Waals surface area contributed by atoms with E-state index < -0.39 is 25.1 Å². The van der Waals surface area contributed by atoms with Crippen molar-refractivity contribution in [2.45, 2.75) is 51.2 Å². The molecule has 0 saturated carbocycles. The summed E-state index contributed by atoms with van der Waals surface area (Å²) in [6.07, 6.45) is -5.90. The Labute approximate surface area is 192 Å². The molecule has 4 rings (SSSR count). The molecule has 10 heteroatoms. The second kappa shape index (κ2) is 8.49. The van der Waals surface area contributed by atoms with Crippen LogP contribution in [0.4, 0.5) is 24.5 Å². The van der Waals surface area contributed by atoms with Crippen molar-refractivity contribution in [3.05, 3.63) is 48.3 Å².